The van der Waals surface area contributed by atoms with E-state index in [2.05, 4.69) is 5.32 Å². The Hall–Kier alpha value is -1.84. The minimum absolute atomic E-state index is 0.0826. The Bertz CT molecular complexity index is 435. The molecular formula is C12H13FN2O. The second-order valence-corrected chi connectivity index (χ2v) is 3.87. The van der Waals surface area contributed by atoms with E-state index in [4.69, 9.17) is 5.73 Å². The van der Waals surface area contributed by atoms with Gasteiger partial charge in [-0.25, -0.2) is 4.39 Å². The molecule has 1 aliphatic carbocycles. The summed E-state index contributed by atoms with van der Waals surface area (Å²) in [5, 5.41) is 2.56. The van der Waals surface area contributed by atoms with Gasteiger partial charge in [0, 0.05) is 11.6 Å². The van der Waals surface area contributed by atoms with Crippen LogP contribution in [0.5, 0.6) is 0 Å². The van der Waals surface area contributed by atoms with Crippen LogP contribution >= 0.6 is 0 Å². The fourth-order valence-corrected chi connectivity index (χ4v) is 1.70. The summed E-state index contributed by atoms with van der Waals surface area (Å²) in [6.07, 6.45) is 5.35. The number of anilines is 2. The van der Waals surface area contributed by atoms with Crippen LogP contribution in [0.15, 0.2) is 30.4 Å². The Labute approximate surface area is 93.1 Å². The summed E-state index contributed by atoms with van der Waals surface area (Å²) in [5.41, 5.74) is 6.11. The Balaban J connectivity index is 2.08. The summed E-state index contributed by atoms with van der Waals surface area (Å²) < 4.78 is 13.3. The maximum Gasteiger partial charge on any atom is 0.228 e. The second-order valence-electron chi connectivity index (χ2n) is 3.87. The molecule has 0 heterocycles. The van der Waals surface area contributed by atoms with E-state index < -0.39 is 5.82 Å². The van der Waals surface area contributed by atoms with Gasteiger partial charge in [0.25, 0.3) is 0 Å². The van der Waals surface area contributed by atoms with Crippen LogP contribution in [0.25, 0.3) is 0 Å². The average Bonchev–Trinajstić information content (AvgIpc) is 2.76. The number of nitrogens with one attached hydrogen (secondary N) is 1. The number of halogens is 1. The third kappa shape index (κ3) is 2.21. The minimum atomic E-state index is -0.464. The quantitative estimate of drug-likeness (QED) is 0.593. The first-order valence-corrected chi connectivity index (χ1v) is 5.17. The fourth-order valence-electron chi connectivity index (χ4n) is 1.70. The maximum absolute atomic E-state index is 13.3. The predicted octanol–water partition coefficient (Wildman–Crippen LogP) is 2.31. The molecular weight excluding hydrogens is 207 g/mol. The number of allylic oxidation sites excluding steroid dienone is 2. The number of benzene rings is 1. The van der Waals surface area contributed by atoms with Gasteiger partial charge in [0.1, 0.15) is 5.82 Å². The van der Waals surface area contributed by atoms with Crippen LogP contribution in [0.3, 0.4) is 0 Å². The number of rotatable bonds is 2. The topological polar surface area (TPSA) is 55.1 Å². The lowest BCUT2D eigenvalue weighted by atomic mass is 10.1. The summed E-state index contributed by atoms with van der Waals surface area (Å²) in [5.74, 6) is -0.705. The number of hydrogen-bond acceptors (Lipinski definition) is 2. The van der Waals surface area contributed by atoms with E-state index >= 15 is 0 Å². The third-order valence-electron chi connectivity index (χ3n) is 2.63. The van der Waals surface area contributed by atoms with Gasteiger partial charge in [0.05, 0.1) is 5.69 Å². The molecule has 0 fully saturated rings. The van der Waals surface area contributed by atoms with Gasteiger partial charge in [0.2, 0.25) is 5.91 Å². The van der Waals surface area contributed by atoms with E-state index in [-0.39, 0.29) is 17.5 Å². The van der Waals surface area contributed by atoms with E-state index in [9.17, 15) is 9.18 Å². The molecule has 0 saturated heterocycles. The number of carbonyl (C=O) groups is 1. The standard InChI is InChI=1S/C12H13FN2O/c13-10-6-5-9(14)7-11(10)15-12(16)8-3-1-2-4-8/h1-2,5-8H,3-4,14H2,(H,15,16). The molecule has 16 heavy (non-hydrogen) atoms. The van der Waals surface area contributed by atoms with Crippen molar-refractivity contribution in [3.8, 4) is 0 Å². The molecule has 0 atom stereocenters. The predicted molar refractivity (Wildman–Crippen MR) is 61.3 cm³/mol. The van der Waals surface area contributed by atoms with Crippen molar-refractivity contribution >= 4 is 17.3 Å². The fraction of sp³-hybridized carbons (Fsp3) is 0.250. The molecule has 1 aromatic rings. The van der Waals surface area contributed by atoms with Gasteiger partial charge < -0.3 is 11.1 Å². The van der Waals surface area contributed by atoms with Crippen molar-refractivity contribution in [2.45, 2.75) is 12.8 Å². The highest BCUT2D eigenvalue weighted by atomic mass is 19.1. The van der Waals surface area contributed by atoms with Crippen LogP contribution in [-0.2, 0) is 4.79 Å². The molecule has 3 N–H and O–H groups in total. The summed E-state index contributed by atoms with van der Waals surface area (Å²) in [4.78, 5) is 11.7. The molecule has 0 unspecified atom stereocenters. The molecule has 0 saturated carbocycles. The molecule has 0 aliphatic heterocycles. The van der Waals surface area contributed by atoms with Crippen LogP contribution in [0.2, 0.25) is 0 Å². The Morgan fingerprint density at radius 3 is 2.75 bits per heavy atom. The molecule has 1 aromatic carbocycles. The SMILES string of the molecule is Nc1ccc(F)c(NC(=O)C2CC=CC2)c1. The number of amides is 1. The summed E-state index contributed by atoms with van der Waals surface area (Å²) in [7, 11) is 0. The molecule has 4 heteroatoms. The van der Waals surface area contributed by atoms with Crippen molar-refractivity contribution < 1.29 is 9.18 Å². The summed E-state index contributed by atoms with van der Waals surface area (Å²) in [6, 6.07) is 4.13. The summed E-state index contributed by atoms with van der Waals surface area (Å²) in [6.45, 7) is 0. The second kappa shape index (κ2) is 4.35. The lowest BCUT2D eigenvalue weighted by Gasteiger charge is -2.11. The molecule has 0 spiro atoms. The van der Waals surface area contributed by atoms with Crippen LogP contribution in [-0.4, -0.2) is 5.91 Å². The lowest BCUT2D eigenvalue weighted by molar-refractivity contribution is -0.119. The van der Waals surface area contributed by atoms with Crippen molar-refractivity contribution in [3.63, 3.8) is 0 Å². The zero-order valence-corrected chi connectivity index (χ0v) is 8.74. The van der Waals surface area contributed by atoms with E-state index in [0.29, 0.717) is 5.69 Å². The number of nitrogens with two attached hydrogens (primary N) is 1. The lowest BCUT2D eigenvalue weighted by Crippen LogP contribution is -2.21. The van der Waals surface area contributed by atoms with Gasteiger partial charge >= 0.3 is 0 Å². The normalized spacial score (nSPS) is 15.3. The van der Waals surface area contributed by atoms with E-state index in [1.165, 1.54) is 18.2 Å². The molecule has 0 radical (unpaired) electrons. The maximum atomic E-state index is 13.3. The Morgan fingerprint density at radius 1 is 1.38 bits per heavy atom. The first-order valence-electron chi connectivity index (χ1n) is 5.17. The van der Waals surface area contributed by atoms with Gasteiger partial charge in [-0.3, -0.25) is 4.79 Å². The average molecular weight is 220 g/mol. The van der Waals surface area contributed by atoms with Crippen LogP contribution in [0.4, 0.5) is 15.8 Å². The molecule has 1 aliphatic rings. The van der Waals surface area contributed by atoms with Gasteiger partial charge in [-0.1, -0.05) is 12.2 Å². The third-order valence-corrected chi connectivity index (χ3v) is 2.63. The smallest absolute Gasteiger partial charge is 0.228 e. The van der Waals surface area contributed by atoms with Gasteiger partial charge in [0.15, 0.2) is 0 Å². The Kier molecular flexibility index (Phi) is 2.90. The van der Waals surface area contributed by atoms with Crippen molar-refractivity contribution in [1.82, 2.24) is 0 Å². The van der Waals surface area contributed by atoms with Gasteiger partial charge in [-0.2, -0.15) is 0 Å². The summed E-state index contributed by atoms with van der Waals surface area (Å²) >= 11 is 0. The van der Waals surface area contributed by atoms with Crippen LogP contribution in [0.1, 0.15) is 12.8 Å². The molecule has 0 aromatic heterocycles. The number of nitrogen functional groups attached to an aromatic ring is 1. The van der Waals surface area contributed by atoms with E-state index in [1.807, 2.05) is 12.2 Å². The molecule has 0 bridgehead atoms. The molecule has 84 valence electrons. The van der Waals surface area contributed by atoms with Gasteiger partial charge in [-0.15, -0.1) is 0 Å². The largest absolute Gasteiger partial charge is 0.399 e. The first-order chi connectivity index (χ1) is 7.66. The van der Waals surface area contributed by atoms with Crippen molar-refractivity contribution in [3.05, 3.63) is 36.2 Å². The highest BCUT2D eigenvalue weighted by Gasteiger charge is 2.20. The zero-order chi connectivity index (χ0) is 11.5. The van der Waals surface area contributed by atoms with Crippen molar-refractivity contribution in [1.29, 1.82) is 0 Å². The molecule has 3 nitrogen and oxygen atoms in total. The monoisotopic (exact) mass is 220 g/mol. The Morgan fingerprint density at radius 2 is 2.06 bits per heavy atom. The van der Waals surface area contributed by atoms with Crippen LogP contribution < -0.4 is 11.1 Å². The van der Waals surface area contributed by atoms with Gasteiger partial charge in [-0.05, 0) is 31.0 Å². The van der Waals surface area contributed by atoms with Crippen molar-refractivity contribution in [2.75, 3.05) is 11.1 Å². The number of hydrogen-bond donors (Lipinski definition) is 2. The first kappa shape index (κ1) is 10.7. The van der Waals surface area contributed by atoms with E-state index in [0.717, 1.165) is 12.8 Å². The molecule has 2 rings (SSSR count). The highest BCUT2D eigenvalue weighted by molar-refractivity contribution is 5.93. The van der Waals surface area contributed by atoms with Crippen molar-refractivity contribution in [2.24, 2.45) is 5.92 Å². The zero-order valence-electron chi connectivity index (χ0n) is 8.74. The highest BCUT2D eigenvalue weighted by Crippen LogP contribution is 2.22. The van der Waals surface area contributed by atoms with Crippen LogP contribution in [0, 0.1) is 11.7 Å². The number of carbonyl (C=O) groups excluding carboxylic acids is 1. The molecule has 1 amide bonds. The van der Waals surface area contributed by atoms with E-state index in [1.54, 1.807) is 0 Å². The minimum Gasteiger partial charge on any atom is -0.399 e.